The lowest BCUT2D eigenvalue weighted by Gasteiger charge is -2.13. The van der Waals surface area contributed by atoms with E-state index >= 15 is 0 Å². The molecule has 0 aliphatic heterocycles. The molecular weight excluding hydrogens is 765 g/mol. The average molecular weight is 803 g/mol. The molecule has 4 heterocycles. The van der Waals surface area contributed by atoms with Crippen LogP contribution < -0.4 is 0 Å². The SMILES string of the molecule is c1ccc(-c2cc(-c3ccccc3)nc(-c3ccc(-n4c5ccccc5c5ccc6c(c7ccccc7n6-c6ccc7c(c6)c6ccccc6n7-c6ccccc6)c54)cc3)c2)cc1. The third-order valence-electron chi connectivity index (χ3n) is 12.8. The molecule has 0 N–H and O–H groups in total. The number of hydrogen-bond acceptors (Lipinski definition) is 1. The van der Waals surface area contributed by atoms with Gasteiger partial charge in [-0.25, -0.2) is 4.98 Å². The Morgan fingerprint density at radius 3 is 1.40 bits per heavy atom. The van der Waals surface area contributed by atoms with E-state index < -0.39 is 0 Å². The van der Waals surface area contributed by atoms with Crippen LogP contribution in [-0.4, -0.2) is 18.7 Å². The highest BCUT2D eigenvalue weighted by molar-refractivity contribution is 6.26. The highest BCUT2D eigenvalue weighted by Crippen LogP contribution is 2.43. The first kappa shape index (κ1) is 35.3. The zero-order valence-corrected chi connectivity index (χ0v) is 34.2. The van der Waals surface area contributed by atoms with Gasteiger partial charge in [0.2, 0.25) is 0 Å². The quantitative estimate of drug-likeness (QED) is 0.165. The molecule has 0 spiro atoms. The van der Waals surface area contributed by atoms with Crippen LogP contribution in [0.1, 0.15) is 0 Å². The molecule has 0 bridgehead atoms. The lowest BCUT2D eigenvalue weighted by Crippen LogP contribution is -1.96. The lowest BCUT2D eigenvalue weighted by molar-refractivity contribution is 1.16. The fraction of sp³-hybridized carbons (Fsp3) is 0. The van der Waals surface area contributed by atoms with Crippen molar-refractivity contribution >= 4 is 65.4 Å². The fourth-order valence-corrected chi connectivity index (χ4v) is 10.0. The Hall–Kier alpha value is -8.47. The van der Waals surface area contributed by atoms with Crippen molar-refractivity contribution in [3.8, 4) is 50.7 Å². The molecule has 0 unspecified atom stereocenters. The Kier molecular flexibility index (Phi) is 7.87. The minimum Gasteiger partial charge on any atom is -0.309 e. The monoisotopic (exact) mass is 802 g/mol. The standard InChI is InChI=1S/C59H38N4/c1-4-16-39(17-5-1)42-36-51(40-18-6-2-7-19-40)60-52(37-42)41-28-30-44(31-29-41)63-54-26-14-10-22-46(54)48-33-35-57-58(59(48)63)49-24-12-15-27-55(49)62(57)45-32-34-56-50(38-45)47-23-11-13-25-53(47)61(56)43-20-8-3-9-21-43/h1-38H. The van der Waals surface area contributed by atoms with E-state index in [1.165, 1.54) is 71.0 Å². The Labute approximate surface area is 363 Å². The molecule has 0 radical (unpaired) electrons. The largest absolute Gasteiger partial charge is 0.309 e. The molecule has 13 rings (SSSR count). The number of pyridine rings is 1. The summed E-state index contributed by atoms with van der Waals surface area (Å²) in [5, 5.41) is 7.39. The van der Waals surface area contributed by atoms with Gasteiger partial charge in [0.25, 0.3) is 0 Å². The van der Waals surface area contributed by atoms with Gasteiger partial charge in [0.15, 0.2) is 0 Å². The van der Waals surface area contributed by atoms with Crippen molar-refractivity contribution in [2.45, 2.75) is 0 Å². The van der Waals surface area contributed by atoms with Crippen molar-refractivity contribution in [2.24, 2.45) is 0 Å². The van der Waals surface area contributed by atoms with E-state index in [-0.39, 0.29) is 0 Å². The third kappa shape index (κ3) is 5.52. The van der Waals surface area contributed by atoms with E-state index in [9.17, 15) is 0 Å². The first-order chi connectivity index (χ1) is 31.3. The van der Waals surface area contributed by atoms with Crippen LogP contribution in [0.4, 0.5) is 0 Å². The maximum absolute atomic E-state index is 5.24. The highest BCUT2D eigenvalue weighted by atomic mass is 15.0. The second-order valence-corrected chi connectivity index (χ2v) is 16.4. The minimum absolute atomic E-state index is 0.943. The normalized spacial score (nSPS) is 11.8. The van der Waals surface area contributed by atoms with Crippen LogP contribution in [0.2, 0.25) is 0 Å². The maximum Gasteiger partial charge on any atom is 0.0715 e. The van der Waals surface area contributed by atoms with Crippen molar-refractivity contribution in [3.05, 3.63) is 231 Å². The molecule has 0 amide bonds. The van der Waals surface area contributed by atoms with Crippen LogP contribution in [-0.2, 0) is 0 Å². The maximum atomic E-state index is 5.24. The van der Waals surface area contributed by atoms with Gasteiger partial charge in [-0.3, -0.25) is 0 Å². The summed E-state index contributed by atoms with van der Waals surface area (Å²) in [5.41, 5.74) is 16.9. The molecular formula is C59H38N4. The van der Waals surface area contributed by atoms with Crippen LogP contribution in [0.5, 0.6) is 0 Å². The van der Waals surface area contributed by atoms with Gasteiger partial charge >= 0.3 is 0 Å². The Morgan fingerprint density at radius 1 is 0.254 bits per heavy atom. The number of para-hydroxylation sites is 4. The summed E-state index contributed by atoms with van der Waals surface area (Å²) in [4.78, 5) is 5.24. The number of aromatic nitrogens is 4. The van der Waals surface area contributed by atoms with Crippen molar-refractivity contribution in [1.82, 2.24) is 18.7 Å². The molecule has 0 aliphatic carbocycles. The molecule has 4 nitrogen and oxygen atoms in total. The zero-order chi connectivity index (χ0) is 41.4. The molecule has 4 aromatic heterocycles. The second kappa shape index (κ2) is 14.1. The van der Waals surface area contributed by atoms with Gasteiger partial charge in [-0.05, 0) is 90.0 Å². The molecule has 63 heavy (non-hydrogen) atoms. The summed E-state index contributed by atoms with van der Waals surface area (Å²) in [6.45, 7) is 0. The topological polar surface area (TPSA) is 27.7 Å². The smallest absolute Gasteiger partial charge is 0.0715 e. The molecule has 13 aromatic rings. The summed E-state index contributed by atoms with van der Waals surface area (Å²) in [5.74, 6) is 0. The molecule has 0 aliphatic rings. The van der Waals surface area contributed by atoms with Gasteiger partial charge < -0.3 is 13.7 Å². The van der Waals surface area contributed by atoms with Crippen LogP contribution in [0, 0.1) is 0 Å². The van der Waals surface area contributed by atoms with Gasteiger partial charge in [0, 0.05) is 60.5 Å². The summed E-state index contributed by atoms with van der Waals surface area (Å²) in [7, 11) is 0. The predicted molar refractivity (Wildman–Crippen MR) is 264 cm³/mol. The van der Waals surface area contributed by atoms with E-state index in [1.807, 2.05) is 0 Å². The van der Waals surface area contributed by atoms with Gasteiger partial charge in [-0.15, -0.1) is 0 Å². The summed E-state index contributed by atoms with van der Waals surface area (Å²) >= 11 is 0. The van der Waals surface area contributed by atoms with Crippen LogP contribution in [0.25, 0.3) is 116 Å². The van der Waals surface area contributed by atoms with Gasteiger partial charge in [0.05, 0.1) is 44.5 Å². The number of rotatable bonds is 6. The molecule has 294 valence electrons. The summed E-state index contributed by atoms with van der Waals surface area (Å²) in [6.07, 6.45) is 0. The van der Waals surface area contributed by atoms with Crippen molar-refractivity contribution < 1.29 is 0 Å². The number of hydrogen-bond donors (Lipinski definition) is 0. The number of nitrogens with zero attached hydrogens (tertiary/aromatic N) is 4. The van der Waals surface area contributed by atoms with Crippen LogP contribution >= 0.6 is 0 Å². The van der Waals surface area contributed by atoms with E-state index in [2.05, 4.69) is 244 Å². The van der Waals surface area contributed by atoms with Crippen molar-refractivity contribution in [1.29, 1.82) is 0 Å². The van der Waals surface area contributed by atoms with Gasteiger partial charge in [0.1, 0.15) is 0 Å². The Morgan fingerprint density at radius 2 is 0.714 bits per heavy atom. The fourth-order valence-electron chi connectivity index (χ4n) is 10.0. The molecule has 0 saturated carbocycles. The van der Waals surface area contributed by atoms with Gasteiger partial charge in [-0.1, -0.05) is 152 Å². The van der Waals surface area contributed by atoms with Gasteiger partial charge in [-0.2, -0.15) is 0 Å². The Bertz CT molecular complexity index is 3820. The zero-order valence-electron chi connectivity index (χ0n) is 34.2. The minimum atomic E-state index is 0.943. The molecule has 9 aromatic carbocycles. The van der Waals surface area contributed by atoms with Crippen molar-refractivity contribution in [2.75, 3.05) is 0 Å². The molecule has 0 atom stereocenters. The summed E-state index contributed by atoms with van der Waals surface area (Å²) < 4.78 is 7.30. The number of fused-ring (bicyclic) bond motifs is 10. The van der Waals surface area contributed by atoms with Crippen LogP contribution in [0.3, 0.4) is 0 Å². The van der Waals surface area contributed by atoms with E-state index in [0.29, 0.717) is 0 Å². The summed E-state index contributed by atoms with van der Waals surface area (Å²) in [6, 6.07) is 83.2. The predicted octanol–water partition coefficient (Wildman–Crippen LogP) is 15.4. The number of benzene rings is 9. The van der Waals surface area contributed by atoms with Crippen LogP contribution in [0.15, 0.2) is 231 Å². The molecule has 4 heteroatoms. The Balaban J connectivity index is 1.01. The lowest BCUT2D eigenvalue weighted by atomic mass is 10.00. The average Bonchev–Trinajstić information content (AvgIpc) is 4.00. The van der Waals surface area contributed by atoms with E-state index in [4.69, 9.17) is 4.98 Å². The van der Waals surface area contributed by atoms with E-state index in [0.717, 1.165) is 45.1 Å². The van der Waals surface area contributed by atoms with E-state index in [1.54, 1.807) is 0 Å². The molecule has 0 saturated heterocycles. The first-order valence-electron chi connectivity index (χ1n) is 21.5. The molecule has 0 fully saturated rings. The third-order valence-corrected chi connectivity index (χ3v) is 12.8. The second-order valence-electron chi connectivity index (χ2n) is 16.4. The van der Waals surface area contributed by atoms with Crippen molar-refractivity contribution in [3.63, 3.8) is 0 Å². The first-order valence-corrected chi connectivity index (χ1v) is 21.5. The highest BCUT2D eigenvalue weighted by Gasteiger charge is 2.22.